The van der Waals surface area contributed by atoms with Gasteiger partial charge < -0.3 is 9.47 Å². The van der Waals surface area contributed by atoms with Crippen LogP contribution in [0, 0.1) is 5.82 Å². The quantitative estimate of drug-likeness (QED) is 0.448. The van der Waals surface area contributed by atoms with Gasteiger partial charge in [-0.25, -0.2) is 9.37 Å². The molecule has 0 radical (unpaired) electrons. The summed E-state index contributed by atoms with van der Waals surface area (Å²) in [5.74, 6) is 0.204. The van der Waals surface area contributed by atoms with Crippen molar-refractivity contribution in [2.45, 2.75) is 38.7 Å². The predicted molar refractivity (Wildman–Crippen MR) is 117 cm³/mol. The van der Waals surface area contributed by atoms with E-state index in [-0.39, 0.29) is 17.8 Å². The van der Waals surface area contributed by atoms with Crippen molar-refractivity contribution in [3.63, 3.8) is 0 Å². The first-order valence-corrected chi connectivity index (χ1v) is 11.2. The van der Waals surface area contributed by atoms with Gasteiger partial charge in [0.15, 0.2) is 5.13 Å². The van der Waals surface area contributed by atoms with Gasteiger partial charge in [-0.15, -0.1) is 0 Å². The number of amides is 1. The fourth-order valence-electron chi connectivity index (χ4n) is 3.45. The van der Waals surface area contributed by atoms with Gasteiger partial charge in [0, 0.05) is 12.2 Å². The minimum absolute atomic E-state index is 0.0262. The van der Waals surface area contributed by atoms with E-state index in [1.807, 2.05) is 12.1 Å². The first kappa shape index (κ1) is 20.8. The van der Waals surface area contributed by atoms with E-state index in [0.717, 1.165) is 25.7 Å². The third-order valence-electron chi connectivity index (χ3n) is 5.07. The van der Waals surface area contributed by atoms with Crippen LogP contribution >= 0.6 is 11.3 Å². The molecule has 158 valence electrons. The van der Waals surface area contributed by atoms with Crippen molar-refractivity contribution in [3.05, 3.63) is 53.8 Å². The zero-order chi connectivity index (χ0) is 20.9. The number of hydrogen-bond donors (Lipinski definition) is 0. The van der Waals surface area contributed by atoms with Crippen LogP contribution in [0.5, 0.6) is 5.75 Å². The third kappa shape index (κ3) is 4.79. The number of ether oxygens (including phenoxy) is 2. The molecule has 30 heavy (non-hydrogen) atoms. The number of benzene rings is 2. The Morgan fingerprint density at radius 1 is 1.33 bits per heavy atom. The predicted octanol–water partition coefficient (Wildman–Crippen LogP) is 5.44. The standard InChI is InChI=1S/C23H25FN2O3S/c1-2-3-11-28-18-7-4-6-16(13-18)22(27)26(15-19-8-5-12-29-19)23-25-20-10-9-17(24)14-21(20)30-23/h4,6-7,9-10,13-14,19H,2-3,5,8,11-12,15H2,1H3. The summed E-state index contributed by atoms with van der Waals surface area (Å²) in [5, 5.41) is 0.549. The maximum atomic E-state index is 13.6. The van der Waals surface area contributed by atoms with Crippen LogP contribution in [0.15, 0.2) is 42.5 Å². The molecule has 0 saturated carbocycles. The molecule has 1 aromatic heterocycles. The Kier molecular flexibility index (Phi) is 6.59. The van der Waals surface area contributed by atoms with Gasteiger partial charge >= 0.3 is 0 Å². The summed E-state index contributed by atoms with van der Waals surface area (Å²) >= 11 is 1.31. The molecule has 0 aliphatic carbocycles. The van der Waals surface area contributed by atoms with Gasteiger partial charge in [-0.1, -0.05) is 30.7 Å². The lowest BCUT2D eigenvalue weighted by Gasteiger charge is -2.23. The average Bonchev–Trinajstić information content (AvgIpc) is 3.41. The molecule has 1 unspecified atom stereocenters. The van der Waals surface area contributed by atoms with Gasteiger partial charge in [0.2, 0.25) is 0 Å². The molecular formula is C23H25FN2O3S. The molecule has 2 aromatic carbocycles. The molecule has 1 saturated heterocycles. The largest absolute Gasteiger partial charge is 0.494 e. The second kappa shape index (κ2) is 9.53. The minimum atomic E-state index is -0.313. The van der Waals surface area contributed by atoms with Gasteiger partial charge in [0.25, 0.3) is 5.91 Å². The number of fused-ring (bicyclic) bond motifs is 1. The van der Waals surface area contributed by atoms with Crippen molar-refractivity contribution < 1.29 is 18.7 Å². The van der Waals surface area contributed by atoms with Crippen LogP contribution in [-0.2, 0) is 4.74 Å². The summed E-state index contributed by atoms with van der Waals surface area (Å²) in [4.78, 5) is 19.7. The molecule has 2 heterocycles. The van der Waals surface area contributed by atoms with E-state index in [4.69, 9.17) is 9.47 Å². The number of aromatic nitrogens is 1. The molecule has 0 spiro atoms. The molecule has 4 rings (SSSR count). The number of carbonyl (C=O) groups excluding carboxylic acids is 1. The highest BCUT2D eigenvalue weighted by atomic mass is 32.1. The number of hydrogen-bond acceptors (Lipinski definition) is 5. The zero-order valence-corrected chi connectivity index (χ0v) is 17.8. The molecule has 5 nitrogen and oxygen atoms in total. The second-order valence-corrected chi connectivity index (χ2v) is 8.40. The SMILES string of the molecule is CCCCOc1cccc(C(=O)N(CC2CCCO2)c2nc3ccc(F)cc3s2)c1. The van der Waals surface area contributed by atoms with Crippen LogP contribution < -0.4 is 9.64 Å². The highest BCUT2D eigenvalue weighted by Crippen LogP contribution is 2.31. The van der Waals surface area contributed by atoms with Crippen LogP contribution in [0.4, 0.5) is 9.52 Å². The molecule has 1 aliphatic heterocycles. The monoisotopic (exact) mass is 428 g/mol. The summed E-state index contributed by atoms with van der Waals surface area (Å²) in [7, 11) is 0. The number of nitrogens with zero attached hydrogens (tertiary/aromatic N) is 2. The highest BCUT2D eigenvalue weighted by molar-refractivity contribution is 7.22. The number of thiazole rings is 1. The number of unbranched alkanes of at least 4 members (excludes halogenated alkanes) is 1. The molecular weight excluding hydrogens is 403 g/mol. The van der Waals surface area contributed by atoms with E-state index in [1.165, 1.54) is 23.5 Å². The molecule has 7 heteroatoms. The summed E-state index contributed by atoms with van der Waals surface area (Å²) in [6.07, 6.45) is 3.88. The number of rotatable bonds is 8. The number of halogens is 1. The Balaban J connectivity index is 1.63. The van der Waals surface area contributed by atoms with E-state index >= 15 is 0 Å². The first-order valence-electron chi connectivity index (χ1n) is 10.4. The van der Waals surface area contributed by atoms with Crippen LogP contribution in [0.3, 0.4) is 0 Å². The van der Waals surface area contributed by atoms with E-state index in [2.05, 4.69) is 11.9 Å². The van der Waals surface area contributed by atoms with Crippen LogP contribution in [0.2, 0.25) is 0 Å². The normalized spacial score (nSPS) is 16.1. The molecule has 1 atom stereocenters. The fourth-order valence-corrected chi connectivity index (χ4v) is 4.45. The van der Waals surface area contributed by atoms with Crippen LogP contribution in [0.1, 0.15) is 43.0 Å². The first-order chi connectivity index (χ1) is 14.6. The molecule has 1 fully saturated rings. The summed E-state index contributed by atoms with van der Waals surface area (Å²) < 4.78 is 25.9. The highest BCUT2D eigenvalue weighted by Gasteiger charge is 2.27. The topological polar surface area (TPSA) is 51.7 Å². The maximum Gasteiger partial charge on any atom is 0.260 e. The van der Waals surface area contributed by atoms with E-state index in [9.17, 15) is 9.18 Å². The van der Waals surface area contributed by atoms with Crippen molar-refractivity contribution in [2.75, 3.05) is 24.7 Å². The Morgan fingerprint density at radius 3 is 3.03 bits per heavy atom. The maximum absolute atomic E-state index is 13.6. The fraction of sp³-hybridized carbons (Fsp3) is 0.391. The molecule has 1 aliphatic rings. The van der Waals surface area contributed by atoms with Crippen LogP contribution in [0.25, 0.3) is 10.2 Å². The van der Waals surface area contributed by atoms with Crippen molar-refractivity contribution in [1.29, 1.82) is 0 Å². The van der Waals surface area contributed by atoms with Crippen LogP contribution in [-0.4, -0.2) is 36.8 Å². The van der Waals surface area contributed by atoms with Gasteiger partial charge in [0.1, 0.15) is 11.6 Å². The Labute approximate surface area is 179 Å². The molecule has 0 N–H and O–H groups in total. The van der Waals surface area contributed by atoms with Gasteiger partial charge in [-0.05, 0) is 55.7 Å². The number of anilines is 1. The third-order valence-corrected chi connectivity index (χ3v) is 6.11. The molecule has 1 amide bonds. The van der Waals surface area contributed by atoms with E-state index in [0.29, 0.717) is 46.4 Å². The summed E-state index contributed by atoms with van der Waals surface area (Å²) in [6, 6.07) is 11.7. The molecule has 0 bridgehead atoms. The Bertz CT molecular complexity index is 1020. The van der Waals surface area contributed by atoms with Gasteiger partial charge in [-0.3, -0.25) is 9.69 Å². The lowest BCUT2D eigenvalue weighted by molar-refractivity contribution is 0.0917. The molecule has 3 aromatic rings. The summed E-state index contributed by atoms with van der Waals surface area (Å²) in [5.41, 5.74) is 1.21. The van der Waals surface area contributed by atoms with Crippen molar-refractivity contribution in [3.8, 4) is 5.75 Å². The Hall–Kier alpha value is -2.51. The lowest BCUT2D eigenvalue weighted by Crippen LogP contribution is -2.37. The van der Waals surface area contributed by atoms with Gasteiger partial charge in [0.05, 0.1) is 29.5 Å². The van der Waals surface area contributed by atoms with Crippen molar-refractivity contribution >= 4 is 32.6 Å². The number of carbonyl (C=O) groups is 1. The van der Waals surface area contributed by atoms with Gasteiger partial charge in [-0.2, -0.15) is 0 Å². The second-order valence-electron chi connectivity index (χ2n) is 7.39. The van der Waals surface area contributed by atoms with Crippen molar-refractivity contribution in [2.24, 2.45) is 0 Å². The Morgan fingerprint density at radius 2 is 2.23 bits per heavy atom. The smallest absolute Gasteiger partial charge is 0.260 e. The van der Waals surface area contributed by atoms with E-state index in [1.54, 1.807) is 23.1 Å². The summed E-state index contributed by atoms with van der Waals surface area (Å²) in [6.45, 7) is 3.86. The minimum Gasteiger partial charge on any atom is -0.494 e. The zero-order valence-electron chi connectivity index (χ0n) is 17.0. The average molecular weight is 429 g/mol. The lowest BCUT2D eigenvalue weighted by atomic mass is 10.1. The van der Waals surface area contributed by atoms with E-state index < -0.39 is 0 Å². The van der Waals surface area contributed by atoms with Crippen molar-refractivity contribution in [1.82, 2.24) is 4.98 Å².